The van der Waals surface area contributed by atoms with E-state index in [-0.39, 0.29) is 6.54 Å². The lowest BCUT2D eigenvalue weighted by Gasteiger charge is -2.22. The van der Waals surface area contributed by atoms with Gasteiger partial charge in [-0.3, -0.25) is 9.59 Å². The molecular weight excluding hydrogens is 528 g/mol. The standard InChI is InChI=1S/C18H22N2O4S2.C8H13Cl.C2H6/c21-15(16(22)18(24)20-5-1-2-6-20)17(23)19-10-14-9-12(11-26-14)8-13-4-3-7-25-13;1-3-5-6-7-8(9)4-2;1-2/h3-4,7,9,11,15-16,21-22H,1-2,5-6,8,10H2,(H,19,23);3,5,7H,4,6H2,1-2H3;1-2H3/b;5-3-,8-7+;. The Labute approximate surface area is 234 Å². The van der Waals surface area contributed by atoms with Crippen LogP contribution in [0, 0.1) is 0 Å². The molecule has 3 heterocycles. The summed E-state index contributed by atoms with van der Waals surface area (Å²) in [4.78, 5) is 27.8. The zero-order chi connectivity index (χ0) is 27.6. The van der Waals surface area contributed by atoms with Gasteiger partial charge in [-0.1, -0.05) is 56.7 Å². The molecule has 3 N–H and O–H groups in total. The molecule has 1 saturated heterocycles. The normalized spacial score (nSPS) is 14.9. The Balaban J connectivity index is 0.000000529. The van der Waals surface area contributed by atoms with Crippen molar-refractivity contribution < 1.29 is 19.8 Å². The predicted molar refractivity (Wildman–Crippen MR) is 156 cm³/mol. The molecule has 0 aliphatic carbocycles. The van der Waals surface area contributed by atoms with Gasteiger partial charge in [0.15, 0.2) is 12.2 Å². The van der Waals surface area contributed by atoms with Crippen LogP contribution < -0.4 is 5.32 Å². The van der Waals surface area contributed by atoms with E-state index in [4.69, 9.17) is 11.6 Å². The largest absolute Gasteiger partial charge is 0.380 e. The minimum atomic E-state index is -1.76. The topological polar surface area (TPSA) is 89.9 Å². The van der Waals surface area contributed by atoms with E-state index in [2.05, 4.69) is 24.4 Å². The van der Waals surface area contributed by atoms with Gasteiger partial charge in [0.05, 0.1) is 6.54 Å². The average Bonchev–Trinajstić information content (AvgIpc) is 3.71. The molecule has 6 nitrogen and oxygen atoms in total. The molecule has 0 saturated carbocycles. The van der Waals surface area contributed by atoms with E-state index in [1.54, 1.807) is 11.3 Å². The Morgan fingerprint density at radius 2 is 1.86 bits per heavy atom. The summed E-state index contributed by atoms with van der Waals surface area (Å²) < 4.78 is 0. The molecule has 0 spiro atoms. The van der Waals surface area contributed by atoms with Crippen LogP contribution in [0.2, 0.25) is 0 Å². The number of carbonyl (C=O) groups excluding carboxylic acids is 2. The quantitative estimate of drug-likeness (QED) is 0.313. The van der Waals surface area contributed by atoms with Crippen LogP contribution in [0.15, 0.2) is 52.2 Å². The van der Waals surface area contributed by atoms with E-state index in [0.29, 0.717) is 13.1 Å². The molecule has 37 heavy (non-hydrogen) atoms. The number of amides is 2. The molecule has 206 valence electrons. The van der Waals surface area contributed by atoms with E-state index >= 15 is 0 Å². The minimum absolute atomic E-state index is 0.260. The molecule has 2 aromatic heterocycles. The molecule has 2 aromatic rings. The van der Waals surface area contributed by atoms with Gasteiger partial charge in [-0.05, 0) is 61.1 Å². The molecule has 0 radical (unpaired) electrons. The average molecular weight is 569 g/mol. The summed E-state index contributed by atoms with van der Waals surface area (Å²) in [5.74, 6) is -1.32. The van der Waals surface area contributed by atoms with Gasteiger partial charge in [0.25, 0.3) is 11.8 Å². The second-order valence-electron chi connectivity index (χ2n) is 8.13. The number of allylic oxidation sites excluding steroid dienone is 4. The number of hydrogen-bond acceptors (Lipinski definition) is 6. The van der Waals surface area contributed by atoms with E-state index in [1.165, 1.54) is 26.7 Å². The maximum absolute atomic E-state index is 12.1. The lowest BCUT2D eigenvalue weighted by atomic mass is 10.1. The summed E-state index contributed by atoms with van der Waals surface area (Å²) in [6, 6.07) is 6.12. The van der Waals surface area contributed by atoms with Crippen molar-refractivity contribution in [3.05, 3.63) is 67.5 Å². The zero-order valence-corrected chi connectivity index (χ0v) is 24.7. The second-order valence-corrected chi connectivity index (χ2v) is 10.6. The van der Waals surface area contributed by atoms with Gasteiger partial charge in [0.2, 0.25) is 0 Å². The lowest BCUT2D eigenvalue weighted by Crippen LogP contribution is -2.50. The molecule has 0 bridgehead atoms. The minimum Gasteiger partial charge on any atom is -0.380 e. The highest BCUT2D eigenvalue weighted by atomic mass is 35.5. The Hall–Kier alpha value is -1.97. The molecule has 3 rings (SSSR count). The van der Waals surface area contributed by atoms with Crippen LogP contribution in [-0.4, -0.2) is 52.2 Å². The molecule has 2 atom stereocenters. The number of aliphatic hydroxyl groups excluding tert-OH is 2. The van der Waals surface area contributed by atoms with Crippen molar-refractivity contribution >= 4 is 46.1 Å². The van der Waals surface area contributed by atoms with E-state index in [1.807, 2.05) is 55.8 Å². The Kier molecular flexibility index (Phi) is 17.1. The molecule has 1 aliphatic heterocycles. The summed E-state index contributed by atoms with van der Waals surface area (Å²) in [5.41, 5.74) is 1.17. The predicted octanol–water partition coefficient (Wildman–Crippen LogP) is 5.87. The molecule has 0 aromatic carbocycles. The molecule has 9 heteroatoms. The lowest BCUT2D eigenvalue weighted by molar-refractivity contribution is -0.152. The number of nitrogens with zero attached hydrogens (tertiary/aromatic N) is 1. The molecule has 2 unspecified atom stereocenters. The van der Waals surface area contributed by atoms with Gasteiger partial charge in [-0.15, -0.1) is 22.7 Å². The van der Waals surface area contributed by atoms with E-state index < -0.39 is 24.0 Å². The summed E-state index contributed by atoms with van der Waals surface area (Å²) in [7, 11) is 0. The van der Waals surface area contributed by atoms with E-state index in [9.17, 15) is 19.8 Å². The number of carbonyl (C=O) groups is 2. The fourth-order valence-corrected chi connectivity index (χ4v) is 5.04. The number of thiophene rings is 2. The number of nitrogens with one attached hydrogen (secondary N) is 1. The SMILES string of the molecule is C/C=C\C/C=C(/Cl)CC.CC.O=C(NCc1cc(Cc2cccs2)cs1)C(O)C(O)C(=O)N1CCCC1. The smallest absolute Gasteiger partial charge is 0.254 e. The number of likely N-dealkylation sites (tertiary alicyclic amines) is 1. The van der Waals surface area contributed by atoms with Gasteiger partial charge >= 0.3 is 0 Å². The van der Waals surface area contributed by atoms with Crippen molar-refractivity contribution in [3.8, 4) is 0 Å². The highest BCUT2D eigenvalue weighted by Crippen LogP contribution is 2.20. The van der Waals surface area contributed by atoms with Crippen molar-refractivity contribution in [1.29, 1.82) is 0 Å². The first-order valence-electron chi connectivity index (χ1n) is 12.8. The van der Waals surface area contributed by atoms with Crippen molar-refractivity contribution in [2.45, 2.75) is 78.6 Å². The van der Waals surface area contributed by atoms with Crippen LogP contribution in [0.3, 0.4) is 0 Å². The maximum Gasteiger partial charge on any atom is 0.254 e. The van der Waals surface area contributed by atoms with Gasteiger partial charge in [-0.2, -0.15) is 0 Å². The first-order chi connectivity index (χ1) is 17.8. The summed E-state index contributed by atoms with van der Waals surface area (Å²) >= 11 is 8.96. The van der Waals surface area contributed by atoms with Gasteiger partial charge in [0.1, 0.15) is 0 Å². The highest BCUT2D eigenvalue weighted by molar-refractivity contribution is 7.10. The van der Waals surface area contributed by atoms with Gasteiger partial charge in [-0.25, -0.2) is 0 Å². The van der Waals surface area contributed by atoms with Crippen molar-refractivity contribution in [3.63, 3.8) is 0 Å². The molecule has 1 aliphatic rings. The van der Waals surface area contributed by atoms with Crippen LogP contribution in [0.1, 0.15) is 68.7 Å². The summed E-state index contributed by atoms with van der Waals surface area (Å²) in [6.45, 7) is 9.44. The first kappa shape index (κ1) is 33.1. The Morgan fingerprint density at radius 1 is 1.16 bits per heavy atom. The van der Waals surface area contributed by atoms with Crippen LogP contribution >= 0.6 is 34.3 Å². The summed E-state index contributed by atoms with van der Waals surface area (Å²) in [5, 5.41) is 27.6. The van der Waals surface area contributed by atoms with Gasteiger partial charge in [0, 0.05) is 34.3 Å². The van der Waals surface area contributed by atoms with Gasteiger partial charge < -0.3 is 20.4 Å². The van der Waals surface area contributed by atoms with Crippen LogP contribution in [-0.2, 0) is 22.6 Å². The molecule has 2 amide bonds. The van der Waals surface area contributed by atoms with Crippen molar-refractivity contribution in [2.24, 2.45) is 0 Å². The Bertz CT molecular complexity index is 967. The zero-order valence-electron chi connectivity index (χ0n) is 22.3. The van der Waals surface area contributed by atoms with E-state index in [0.717, 1.165) is 42.0 Å². The Morgan fingerprint density at radius 3 is 2.46 bits per heavy atom. The third-order valence-electron chi connectivity index (χ3n) is 5.39. The fraction of sp³-hybridized carbons (Fsp3) is 0.500. The first-order valence-corrected chi connectivity index (χ1v) is 15.0. The highest BCUT2D eigenvalue weighted by Gasteiger charge is 2.34. The maximum atomic E-state index is 12.1. The van der Waals surface area contributed by atoms with Crippen molar-refractivity contribution in [1.82, 2.24) is 10.2 Å². The monoisotopic (exact) mass is 568 g/mol. The number of halogens is 1. The van der Waals surface area contributed by atoms with Crippen LogP contribution in [0.4, 0.5) is 0 Å². The van der Waals surface area contributed by atoms with Crippen LogP contribution in [0.5, 0.6) is 0 Å². The van der Waals surface area contributed by atoms with Crippen LogP contribution in [0.25, 0.3) is 0 Å². The third-order valence-corrected chi connectivity index (χ3v) is 7.67. The van der Waals surface area contributed by atoms with Crippen molar-refractivity contribution in [2.75, 3.05) is 13.1 Å². The second kappa shape index (κ2) is 19.2. The summed E-state index contributed by atoms with van der Waals surface area (Å²) in [6.07, 6.45) is 7.19. The number of rotatable bonds is 10. The molecular formula is C28H41ClN2O4S2. The third kappa shape index (κ3) is 12.4. The number of aliphatic hydroxyl groups is 2. The fourth-order valence-electron chi connectivity index (χ4n) is 3.38. The number of hydrogen-bond donors (Lipinski definition) is 3. The molecule has 1 fully saturated rings.